The molecule has 29 heavy (non-hydrogen) atoms. The molecule has 1 N–H and O–H groups in total. The molecule has 0 saturated carbocycles. The lowest BCUT2D eigenvalue weighted by Gasteiger charge is -2.18. The lowest BCUT2D eigenvalue weighted by molar-refractivity contribution is -0.122. The van der Waals surface area contributed by atoms with Crippen LogP contribution in [0.4, 0.5) is 5.69 Å². The van der Waals surface area contributed by atoms with Gasteiger partial charge in [0, 0.05) is 34.0 Å². The number of fused-ring (bicyclic) bond motifs is 3. The normalized spacial score (nSPS) is 12.2. The van der Waals surface area contributed by atoms with Crippen LogP contribution in [0.15, 0.2) is 66.7 Å². The van der Waals surface area contributed by atoms with Crippen LogP contribution in [-0.4, -0.2) is 16.6 Å². The van der Waals surface area contributed by atoms with Gasteiger partial charge in [0.05, 0.1) is 5.02 Å². The number of aromatic nitrogens is 1. The molecular formula is C24H23ClN2O2. The highest BCUT2D eigenvalue weighted by Gasteiger charge is 2.20. The van der Waals surface area contributed by atoms with E-state index in [0.29, 0.717) is 17.2 Å². The van der Waals surface area contributed by atoms with Gasteiger partial charge < -0.3 is 14.6 Å². The molecule has 1 amide bonds. The molecular weight excluding hydrogens is 384 g/mol. The number of hydrogen-bond donors (Lipinski definition) is 1. The van der Waals surface area contributed by atoms with Crippen molar-refractivity contribution < 1.29 is 9.53 Å². The van der Waals surface area contributed by atoms with Gasteiger partial charge in [-0.25, -0.2) is 0 Å². The van der Waals surface area contributed by atoms with E-state index in [1.807, 2.05) is 43.3 Å². The first kappa shape index (κ1) is 19.3. The van der Waals surface area contributed by atoms with Crippen molar-refractivity contribution >= 4 is 45.0 Å². The summed E-state index contributed by atoms with van der Waals surface area (Å²) in [5.74, 6) is 0.323. The highest BCUT2D eigenvalue weighted by Crippen LogP contribution is 2.31. The first-order valence-corrected chi connectivity index (χ1v) is 10.2. The summed E-state index contributed by atoms with van der Waals surface area (Å²) in [6.07, 6.45) is -0.0865. The molecule has 3 aromatic carbocycles. The standard InChI is InChI=1S/C24H23ClN2O2/c1-3-22(29-23-12-8-6-10-19(23)25)24(28)26-16-13-14-21-18(15-16)17-9-5-7-11-20(17)27(21)4-2/h5-15,22H,3-4H2,1-2H3,(H,26,28)/t22-/m0/s1. The Labute approximate surface area is 175 Å². The summed E-state index contributed by atoms with van der Waals surface area (Å²) < 4.78 is 8.14. The summed E-state index contributed by atoms with van der Waals surface area (Å²) in [4.78, 5) is 12.8. The maximum Gasteiger partial charge on any atom is 0.265 e. The minimum Gasteiger partial charge on any atom is -0.479 e. The van der Waals surface area contributed by atoms with Gasteiger partial charge in [0.15, 0.2) is 6.10 Å². The van der Waals surface area contributed by atoms with Crippen molar-refractivity contribution in [1.29, 1.82) is 0 Å². The van der Waals surface area contributed by atoms with Gasteiger partial charge in [-0.1, -0.05) is 48.9 Å². The van der Waals surface area contributed by atoms with E-state index in [1.165, 1.54) is 10.9 Å². The highest BCUT2D eigenvalue weighted by atomic mass is 35.5. The van der Waals surface area contributed by atoms with Crippen LogP contribution in [0.25, 0.3) is 21.8 Å². The largest absolute Gasteiger partial charge is 0.479 e. The zero-order valence-electron chi connectivity index (χ0n) is 16.5. The number of halogens is 1. The smallest absolute Gasteiger partial charge is 0.265 e. The van der Waals surface area contributed by atoms with Crippen LogP contribution >= 0.6 is 11.6 Å². The summed E-state index contributed by atoms with van der Waals surface area (Å²) in [5, 5.41) is 5.80. The molecule has 5 heteroatoms. The number of aryl methyl sites for hydroxylation is 1. The molecule has 0 aliphatic carbocycles. The molecule has 148 valence electrons. The van der Waals surface area contributed by atoms with E-state index >= 15 is 0 Å². The third-order valence-electron chi connectivity index (χ3n) is 5.13. The number of carbonyl (C=O) groups excluding carboxylic acids is 1. The Hall–Kier alpha value is -2.98. The van der Waals surface area contributed by atoms with Gasteiger partial charge >= 0.3 is 0 Å². The molecule has 0 saturated heterocycles. The predicted molar refractivity (Wildman–Crippen MR) is 120 cm³/mol. The molecule has 0 unspecified atom stereocenters. The Bertz CT molecular complexity index is 1180. The second-order valence-electron chi connectivity index (χ2n) is 6.93. The van der Waals surface area contributed by atoms with Crippen LogP contribution in [0.5, 0.6) is 5.75 Å². The topological polar surface area (TPSA) is 43.3 Å². The molecule has 0 fully saturated rings. The molecule has 4 aromatic rings. The van der Waals surface area contributed by atoms with Crippen molar-refractivity contribution in [3.8, 4) is 5.75 Å². The van der Waals surface area contributed by atoms with Crippen molar-refractivity contribution in [2.45, 2.75) is 32.9 Å². The molecule has 0 bridgehead atoms. The minimum atomic E-state index is -0.623. The molecule has 4 rings (SSSR count). The Morgan fingerprint density at radius 3 is 2.48 bits per heavy atom. The number of hydrogen-bond acceptors (Lipinski definition) is 2. The van der Waals surface area contributed by atoms with Crippen LogP contribution in [0, 0.1) is 0 Å². The van der Waals surface area contributed by atoms with Crippen molar-refractivity contribution in [3.05, 3.63) is 71.8 Å². The van der Waals surface area contributed by atoms with Gasteiger partial charge in [-0.2, -0.15) is 0 Å². The van der Waals surface area contributed by atoms with E-state index in [9.17, 15) is 4.79 Å². The van der Waals surface area contributed by atoms with Crippen LogP contribution in [0.2, 0.25) is 5.02 Å². The average Bonchev–Trinajstić information content (AvgIpc) is 3.06. The van der Waals surface area contributed by atoms with Crippen molar-refractivity contribution in [1.82, 2.24) is 4.57 Å². The number of para-hydroxylation sites is 2. The lowest BCUT2D eigenvalue weighted by atomic mass is 10.1. The van der Waals surface area contributed by atoms with Gasteiger partial charge in [0.1, 0.15) is 5.75 Å². The fourth-order valence-corrected chi connectivity index (χ4v) is 3.89. The summed E-state index contributed by atoms with van der Waals surface area (Å²) >= 11 is 6.17. The zero-order valence-corrected chi connectivity index (χ0v) is 17.2. The number of carbonyl (C=O) groups is 1. The van der Waals surface area contributed by atoms with Crippen LogP contribution in [0.1, 0.15) is 20.3 Å². The summed E-state index contributed by atoms with van der Waals surface area (Å²) in [6, 6.07) is 21.5. The Morgan fingerprint density at radius 2 is 1.72 bits per heavy atom. The van der Waals surface area contributed by atoms with Gasteiger partial charge in [-0.05, 0) is 49.7 Å². The Balaban J connectivity index is 1.62. The van der Waals surface area contributed by atoms with Crippen molar-refractivity contribution in [2.75, 3.05) is 5.32 Å². The minimum absolute atomic E-state index is 0.189. The van der Waals surface area contributed by atoms with Gasteiger partial charge in [-0.15, -0.1) is 0 Å². The molecule has 0 spiro atoms. The number of nitrogens with zero attached hydrogens (tertiary/aromatic N) is 1. The molecule has 0 aliphatic heterocycles. The van der Waals surface area contributed by atoms with Crippen LogP contribution in [-0.2, 0) is 11.3 Å². The summed E-state index contributed by atoms with van der Waals surface area (Å²) in [6.45, 7) is 4.94. The van der Waals surface area contributed by atoms with Crippen molar-refractivity contribution in [3.63, 3.8) is 0 Å². The first-order chi connectivity index (χ1) is 14.1. The first-order valence-electron chi connectivity index (χ1n) is 9.85. The Kier molecular flexibility index (Phi) is 5.45. The van der Waals surface area contributed by atoms with E-state index in [-0.39, 0.29) is 5.91 Å². The quantitative estimate of drug-likeness (QED) is 0.410. The third kappa shape index (κ3) is 3.68. The van der Waals surface area contributed by atoms with Crippen LogP contribution < -0.4 is 10.1 Å². The van der Waals surface area contributed by atoms with Crippen molar-refractivity contribution in [2.24, 2.45) is 0 Å². The molecule has 1 atom stereocenters. The fraction of sp³-hybridized carbons (Fsp3) is 0.208. The number of anilines is 1. The fourth-order valence-electron chi connectivity index (χ4n) is 3.71. The third-order valence-corrected chi connectivity index (χ3v) is 5.44. The predicted octanol–water partition coefficient (Wildman–Crippen LogP) is 6.26. The van der Waals surface area contributed by atoms with E-state index < -0.39 is 6.10 Å². The second kappa shape index (κ2) is 8.18. The highest BCUT2D eigenvalue weighted by molar-refractivity contribution is 6.32. The maximum absolute atomic E-state index is 12.8. The van der Waals surface area contributed by atoms with E-state index in [4.69, 9.17) is 16.3 Å². The SMILES string of the molecule is CC[C@H](Oc1ccccc1Cl)C(=O)Nc1ccc2c(c1)c1ccccc1n2CC. The molecule has 0 aliphatic rings. The average molecular weight is 407 g/mol. The summed E-state index contributed by atoms with van der Waals surface area (Å²) in [7, 11) is 0. The van der Waals surface area contributed by atoms with Gasteiger partial charge in [0.2, 0.25) is 0 Å². The van der Waals surface area contributed by atoms with E-state index in [1.54, 1.807) is 12.1 Å². The van der Waals surface area contributed by atoms with Crippen LogP contribution in [0.3, 0.4) is 0 Å². The second-order valence-corrected chi connectivity index (χ2v) is 7.33. The zero-order chi connectivity index (χ0) is 20.4. The number of nitrogens with one attached hydrogen (secondary N) is 1. The summed E-state index contributed by atoms with van der Waals surface area (Å²) in [5.41, 5.74) is 3.11. The monoisotopic (exact) mass is 406 g/mol. The molecule has 1 heterocycles. The number of rotatable bonds is 6. The number of amides is 1. The number of benzene rings is 3. The number of ether oxygens (including phenoxy) is 1. The van der Waals surface area contributed by atoms with E-state index in [2.05, 4.69) is 35.0 Å². The van der Waals surface area contributed by atoms with Gasteiger partial charge in [0.25, 0.3) is 5.91 Å². The molecule has 0 radical (unpaired) electrons. The maximum atomic E-state index is 12.8. The van der Waals surface area contributed by atoms with Gasteiger partial charge in [-0.3, -0.25) is 4.79 Å². The Morgan fingerprint density at radius 1 is 1.00 bits per heavy atom. The van der Waals surface area contributed by atoms with E-state index in [0.717, 1.165) is 23.1 Å². The lowest BCUT2D eigenvalue weighted by Crippen LogP contribution is -2.32. The molecule has 1 aromatic heterocycles. The molecule has 4 nitrogen and oxygen atoms in total.